The molecule has 8 nitrogen and oxygen atoms in total. The zero-order chi connectivity index (χ0) is 32.2. The number of nitrogens with zero attached hydrogens (tertiary/aromatic N) is 1. The Morgan fingerprint density at radius 1 is 0.767 bits per heavy atom. The normalized spacial score (nSPS) is 15.0. The topological polar surface area (TPSA) is 105 Å². The van der Waals surface area contributed by atoms with Crippen molar-refractivity contribution < 1.29 is 32.9 Å². The smallest absolute Gasteiger partial charge is 0.391 e. The van der Waals surface area contributed by atoms with Crippen molar-refractivity contribution in [3.8, 4) is 0 Å². The summed E-state index contributed by atoms with van der Waals surface area (Å²) in [5, 5.41) is 13.8. The summed E-state index contributed by atoms with van der Waals surface area (Å²) >= 11 is 0. The van der Waals surface area contributed by atoms with Gasteiger partial charge in [0.15, 0.2) is 0 Å². The quantitative estimate of drug-likeness (QED) is 0.0306. The molecule has 0 aliphatic heterocycles. The summed E-state index contributed by atoms with van der Waals surface area (Å²) in [5.74, 6) is -0.183. The van der Waals surface area contributed by atoms with Crippen LogP contribution in [0.5, 0.6) is 0 Å². The molecule has 43 heavy (non-hydrogen) atoms. The molecule has 0 aromatic rings. The zero-order valence-corrected chi connectivity index (χ0v) is 29.6. The van der Waals surface area contributed by atoms with Gasteiger partial charge in [0.05, 0.1) is 39.9 Å². The molecule has 3 N–H and O–H groups in total. The predicted molar refractivity (Wildman–Crippen MR) is 180 cm³/mol. The third-order valence-corrected chi connectivity index (χ3v) is 8.75. The standard InChI is InChI=1S/C34H69N2O6P/c1-6-8-10-12-14-16-17-18-20-21-23-25-27-33(37)32(31-42-43(39,40)41-30-29-36(3,4)5)35-34(38)28-26-24-22-19-15-13-11-9-7-2/h19,22,32-33,37H,6-18,20-21,23-31H2,1-5H3,(H-,35,38,39,40)/p+1/b22-19-. The molecule has 0 rings (SSSR count). The summed E-state index contributed by atoms with van der Waals surface area (Å²) < 4.78 is 23.4. The lowest BCUT2D eigenvalue weighted by Gasteiger charge is -2.26. The second-order valence-electron chi connectivity index (χ2n) is 13.2. The number of phosphoric acid groups is 1. The van der Waals surface area contributed by atoms with E-state index in [4.69, 9.17) is 9.05 Å². The maximum Gasteiger partial charge on any atom is 0.472 e. The molecule has 1 amide bonds. The number of aliphatic hydroxyl groups is 1. The van der Waals surface area contributed by atoms with Crippen LogP contribution in [0.1, 0.15) is 149 Å². The van der Waals surface area contributed by atoms with E-state index in [0.717, 1.165) is 32.1 Å². The molecule has 3 atom stereocenters. The summed E-state index contributed by atoms with van der Waals surface area (Å²) in [6.45, 7) is 4.80. The van der Waals surface area contributed by atoms with Gasteiger partial charge in [-0.05, 0) is 32.1 Å². The van der Waals surface area contributed by atoms with Crippen LogP contribution in [0.2, 0.25) is 0 Å². The van der Waals surface area contributed by atoms with Gasteiger partial charge in [0.1, 0.15) is 13.2 Å². The first-order valence-electron chi connectivity index (χ1n) is 17.6. The van der Waals surface area contributed by atoms with Crippen LogP contribution in [0.4, 0.5) is 0 Å². The number of amides is 1. The van der Waals surface area contributed by atoms with Gasteiger partial charge >= 0.3 is 7.82 Å². The Kier molecular flexibility index (Phi) is 27.1. The molecule has 3 unspecified atom stereocenters. The number of hydrogen-bond acceptors (Lipinski definition) is 5. The van der Waals surface area contributed by atoms with Crippen LogP contribution in [0, 0.1) is 0 Å². The minimum atomic E-state index is -4.30. The first kappa shape index (κ1) is 42.2. The number of nitrogens with one attached hydrogen (secondary N) is 1. The molecule has 0 aliphatic carbocycles. The molecule has 0 heterocycles. The molecule has 0 aliphatic rings. The van der Waals surface area contributed by atoms with Crippen molar-refractivity contribution >= 4 is 13.7 Å². The van der Waals surface area contributed by atoms with Crippen LogP contribution in [0.15, 0.2) is 12.2 Å². The van der Waals surface area contributed by atoms with E-state index in [1.807, 2.05) is 21.1 Å². The van der Waals surface area contributed by atoms with Gasteiger partial charge in [-0.15, -0.1) is 0 Å². The van der Waals surface area contributed by atoms with Crippen molar-refractivity contribution in [2.24, 2.45) is 0 Å². The van der Waals surface area contributed by atoms with Crippen LogP contribution in [0.25, 0.3) is 0 Å². The fourth-order valence-electron chi connectivity index (χ4n) is 4.87. The molecule has 0 radical (unpaired) electrons. The van der Waals surface area contributed by atoms with Gasteiger partial charge in [0.25, 0.3) is 0 Å². The highest BCUT2D eigenvalue weighted by atomic mass is 31.2. The number of carbonyl (C=O) groups is 1. The minimum absolute atomic E-state index is 0.0713. The largest absolute Gasteiger partial charge is 0.472 e. The molecule has 0 bridgehead atoms. The number of aliphatic hydroxyl groups excluding tert-OH is 1. The van der Waals surface area contributed by atoms with E-state index in [-0.39, 0.29) is 19.1 Å². The summed E-state index contributed by atoms with van der Waals surface area (Å²) in [4.78, 5) is 22.8. The Morgan fingerprint density at radius 2 is 1.26 bits per heavy atom. The fraction of sp³-hybridized carbons (Fsp3) is 0.912. The van der Waals surface area contributed by atoms with Crippen molar-refractivity contribution in [1.82, 2.24) is 5.32 Å². The maximum absolute atomic E-state index is 12.7. The van der Waals surface area contributed by atoms with Crippen molar-refractivity contribution in [3.05, 3.63) is 12.2 Å². The number of phosphoric ester groups is 1. The third-order valence-electron chi connectivity index (χ3n) is 7.76. The van der Waals surface area contributed by atoms with E-state index >= 15 is 0 Å². The number of carbonyl (C=O) groups excluding carboxylic acids is 1. The molecule has 0 aromatic heterocycles. The van der Waals surface area contributed by atoms with Gasteiger partial charge in [-0.1, -0.05) is 122 Å². The molecule has 0 saturated carbocycles. The van der Waals surface area contributed by atoms with Crippen molar-refractivity contribution in [1.29, 1.82) is 0 Å². The van der Waals surface area contributed by atoms with Crippen LogP contribution in [-0.2, 0) is 18.4 Å². The first-order chi connectivity index (χ1) is 20.5. The van der Waals surface area contributed by atoms with E-state index in [2.05, 4.69) is 31.3 Å². The number of unbranched alkanes of at least 4 members (excludes halogenated alkanes) is 16. The maximum atomic E-state index is 12.7. The van der Waals surface area contributed by atoms with Crippen molar-refractivity contribution in [2.45, 2.75) is 161 Å². The molecule has 0 saturated heterocycles. The highest BCUT2D eigenvalue weighted by molar-refractivity contribution is 7.47. The Balaban J connectivity index is 4.56. The number of allylic oxidation sites excluding steroid dienone is 2. The van der Waals surface area contributed by atoms with Crippen LogP contribution in [-0.4, -0.2) is 73.4 Å². The van der Waals surface area contributed by atoms with Crippen LogP contribution < -0.4 is 5.32 Å². The summed E-state index contributed by atoms with van der Waals surface area (Å²) in [7, 11) is 1.60. The van der Waals surface area contributed by atoms with Crippen molar-refractivity contribution in [2.75, 3.05) is 40.9 Å². The van der Waals surface area contributed by atoms with Gasteiger partial charge in [-0.3, -0.25) is 13.8 Å². The Bertz CT molecular complexity index is 728. The molecule has 9 heteroatoms. The fourth-order valence-corrected chi connectivity index (χ4v) is 5.61. The van der Waals surface area contributed by atoms with E-state index < -0.39 is 20.0 Å². The van der Waals surface area contributed by atoms with Gasteiger partial charge in [0, 0.05) is 6.42 Å². The average Bonchev–Trinajstić information content (AvgIpc) is 2.94. The highest BCUT2D eigenvalue weighted by Gasteiger charge is 2.28. The van der Waals surface area contributed by atoms with E-state index in [1.54, 1.807) is 0 Å². The molecular formula is C34H70N2O6P+. The number of likely N-dealkylation sites (N-methyl/N-ethyl adjacent to an activating group) is 1. The SMILES string of the molecule is CCCCCC/C=C\CCCC(=O)NC(COP(=O)(O)OCC[N+](C)(C)C)C(O)CCCCCCCCCCCCCC. The average molecular weight is 634 g/mol. The number of rotatable bonds is 31. The lowest BCUT2D eigenvalue weighted by atomic mass is 10.0. The molecule has 256 valence electrons. The highest BCUT2D eigenvalue weighted by Crippen LogP contribution is 2.43. The van der Waals surface area contributed by atoms with E-state index in [1.165, 1.54) is 83.5 Å². The van der Waals surface area contributed by atoms with Crippen molar-refractivity contribution in [3.63, 3.8) is 0 Å². The van der Waals surface area contributed by atoms with Gasteiger partial charge in [0.2, 0.25) is 5.91 Å². The molecule has 0 fully saturated rings. The summed E-state index contributed by atoms with van der Waals surface area (Å²) in [6, 6.07) is -0.767. The second kappa shape index (κ2) is 27.5. The van der Waals surface area contributed by atoms with Crippen LogP contribution >= 0.6 is 7.82 Å². The minimum Gasteiger partial charge on any atom is -0.391 e. The first-order valence-corrected chi connectivity index (χ1v) is 19.0. The number of quaternary nitrogens is 1. The molecular weight excluding hydrogens is 563 g/mol. The second-order valence-corrected chi connectivity index (χ2v) is 14.7. The Hall–Kier alpha value is -0.760. The predicted octanol–water partition coefficient (Wildman–Crippen LogP) is 8.46. The van der Waals surface area contributed by atoms with E-state index in [9.17, 15) is 19.4 Å². The van der Waals surface area contributed by atoms with Crippen LogP contribution in [0.3, 0.4) is 0 Å². The Morgan fingerprint density at radius 3 is 1.79 bits per heavy atom. The third kappa shape index (κ3) is 29.7. The summed E-state index contributed by atoms with van der Waals surface area (Å²) in [6.07, 6.45) is 26.7. The van der Waals surface area contributed by atoms with E-state index in [0.29, 0.717) is 30.3 Å². The van der Waals surface area contributed by atoms with Gasteiger partial charge in [-0.2, -0.15) is 0 Å². The number of hydrogen-bond donors (Lipinski definition) is 3. The monoisotopic (exact) mass is 633 g/mol. The summed E-state index contributed by atoms with van der Waals surface area (Å²) in [5.41, 5.74) is 0. The lowest BCUT2D eigenvalue weighted by molar-refractivity contribution is -0.870. The van der Waals surface area contributed by atoms with Gasteiger partial charge in [-0.25, -0.2) is 4.57 Å². The lowest BCUT2D eigenvalue weighted by Crippen LogP contribution is -2.46. The zero-order valence-electron chi connectivity index (χ0n) is 28.7. The molecule has 0 aromatic carbocycles. The van der Waals surface area contributed by atoms with Gasteiger partial charge < -0.3 is 19.8 Å². The molecule has 0 spiro atoms. The Labute approximate surface area is 265 Å².